The third kappa shape index (κ3) is 2.87. The fraction of sp³-hybridized carbons (Fsp3) is 0.538. The molecule has 0 saturated carbocycles. The molecule has 6 nitrogen and oxygen atoms in total. The summed E-state index contributed by atoms with van der Waals surface area (Å²) in [6, 6.07) is 1.79. The smallest absolute Gasteiger partial charge is 0.202 e. The number of aryl methyl sites for hydroxylation is 1. The first-order chi connectivity index (χ1) is 9.74. The number of ether oxygens (including phenoxy) is 1. The molecular formula is C13H18ClN5O. The van der Waals surface area contributed by atoms with E-state index in [9.17, 15) is 0 Å². The molecule has 7 heteroatoms. The van der Waals surface area contributed by atoms with Crippen LogP contribution in [0.25, 0.3) is 11.2 Å². The molecule has 0 aromatic carbocycles. The van der Waals surface area contributed by atoms with Gasteiger partial charge in [0.05, 0.1) is 18.2 Å². The minimum absolute atomic E-state index is 0.497. The van der Waals surface area contributed by atoms with Crippen molar-refractivity contribution in [2.24, 2.45) is 0 Å². The van der Waals surface area contributed by atoms with E-state index in [1.165, 1.54) is 0 Å². The number of nitrogens with two attached hydrogens (primary N) is 1. The van der Waals surface area contributed by atoms with Crippen molar-refractivity contribution in [1.29, 1.82) is 0 Å². The molecule has 0 amide bonds. The quantitative estimate of drug-likeness (QED) is 0.923. The predicted molar refractivity (Wildman–Crippen MR) is 78.8 cm³/mol. The number of pyridine rings is 1. The maximum Gasteiger partial charge on any atom is 0.202 e. The van der Waals surface area contributed by atoms with Gasteiger partial charge in [-0.15, -0.1) is 0 Å². The monoisotopic (exact) mass is 295 g/mol. The van der Waals surface area contributed by atoms with Crippen LogP contribution in [0.4, 0.5) is 5.95 Å². The highest BCUT2D eigenvalue weighted by molar-refractivity contribution is 6.31. The second-order valence-electron chi connectivity index (χ2n) is 4.93. The Hall–Kier alpha value is -1.37. The fourth-order valence-corrected chi connectivity index (χ4v) is 2.65. The van der Waals surface area contributed by atoms with Crippen LogP contribution in [0.3, 0.4) is 0 Å². The molecule has 1 fully saturated rings. The number of morpholine rings is 1. The van der Waals surface area contributed by atoms with Crippen LogP contribution in [-0.2, 0) is 11.3 Å². The summed E-state index contributed by atoms with van der Waals surface area (Å²) in [7, 11) is 0. The van der Waals surface area contributed by atoms with E-state index in [2.05, 4.69) is 14.9 Å². The summed E-state index contributed by atoms with van der Waals surface area (Å²) < 4.78 is 7.29. The number of rotatable bonds is 4. The van der Waals surface area contributed by atoms with E-state index in [0.717, 1.165) is 57.0 Å². The fourth-order valence-electron chi connectivity index (χ4n) is 2.50. The van der Waals surface area contributed by atoms with Crippen molar-refractivity contribution in [2.45, 2.75) is 13.0 Å². The van der Waals surface area contributed by atoms with E-state index in [0.29, 0.717) is 11.0 Å². The average molecular weight is 296 g/mol. The summed E-state index contributed by atoms with van der Waals surface area (Å²) in [6.45, 7) is 5.53. The van der Waals surface area contributed by atoms with Gasteiger partial charge in [0, 0.05) is 32.4 Å². The largest absolute Gasteiger partial charge is 0.379 e. The Bertz CT molecular complexity index is 594. The van der Waals surface area contributed by atoms with Gasteiger partial charge in [0.25, 0.3) is 0 Å². The van der Waals surface area contributed by atoms with Gasteiger partial charge in [0.15, 0.2) is 5.65 Å². The molecule has 2 N–H and O–H groups in total. The first-order valence-electron chi connectivity index (χ1n) is 6.81. The Labute approximate surface area is 122 Å². The zero-order chi connectivity index (χ0) is 13.9. The first-order valence-corrected chi connectivity index (χ1v) is 7.19. The van der Waals surface area contributed by atoms with Crippen molar-refractivity contribution in [3.8, 4) is 0 Å². The van der Waals surface area contributed by atoms with Crippen molar-refractivity contribution < 1.29 is 4.74 Å². The molecule has 3 rings (SSSR count). The molecule has 2 aromatic rings. The molecule has 1 aliphatic rings. The van der Waals surface area contributed by atoms with Crippen LogP contribution in [0.2, 0.25) is 5.02 Å². The second-order valence-corrected chi connectivity index (χ2v) is 5.36. The molecule has 0 spiro atoms. The van der Waals surface area contributed by atoms with Gasteiger partial charge in [-0.2, -0.15) is 0 Å². The summed E-state index contributed by atoms with van der Waals surface area (Å²) in [6.07, 6.45) is 2.64. The lowest BCUT2D eigenvalue weighted by molar-refractivity contribution is 0.0370. The lowest BCUT2D eigenvalue weighted by Crippen LogP contribution is -2.37. The third-order valence-electron chi connectivity index (χ3n) is 3.54. The molecule has 0 unspecified atom stereocenters. The highest BCUT2D eigenvalue weighted by atomic mass is 35.5. The van der Waals surface area contributed by atoms with Crippen molar-refractivity contribution in [2.75, 3.05) is 38.6 Å². The minimum Gasteiger partial charge on any atom is -0.379 e. The van der Waals surface area contributed by atoms with Crippen LogP contribution in [0.15, 0.2) is 12.3 Å². The summed E-state index contributed by atoms with van der Waals surface area (Å²) in [5.41, 5.74) is 7.51. The molecule has 108 valence electrons. The van der Waals surface area contributed by atoms with E-state index in [1.54, 1.807) is 12.3 Å². The van der Waals surface area contributed by atoms with Gasteiger partial charge in [0.1, 0.15) is 5.52 Å². The van der Waals surface area contributed by atoms with Crippen LogP contribution in [0.1, 0.15) is 6.42 Å². The molecule has 0 atom stereocenters. The van der Waals surface area contributed by atoms with Crippen molar-refractivity contribution in [1.82, 2.24) is 19.4 Å². The lowest BCUT2D eigenvalue weighted by atomic mass is 10.3. The lowest BCUT2D eigenvalue weighted by Gasteiger charge is -2.26. The molecule has 2 aromatic heterocycles. The first kappa shape index (κ1) is 13.6. The van der Waals surface area contributed by atoms with Crippen molar-refractivity contribution in [3.63, 3.8) is 0 Å². The third-order valence-corrected chi connectivity index (χ3v) is 3.75. The molecule has 0 bridgehead atoms. The van der Waals surface area contributed by atoms with Crippen LogP contribution >= 0.6 is 11.6 Å². The highest BCUT2D eigenvalue weighted by Crippen LogP contribution is 2.19. The number of fused-ring (bicyclic) bond motifs is 1. The number of imidazole rings is 1. The molecule has 1 saturated heterocycles. The topological polar surface area (TPSA) is 69.2 Å². The number of halogens is 1. The maximum absolute atomic E-state index is 5.96. The van der Waals surface area contributed by atoms with E-state index in [1.807, 2.05) is 4.57 Å². The molecular weight excluding hydrogens is 278 g/mol. The van der Waals surface area contributed by atoms with Gasteiger partial charge in [-0.25, -0.2) is 9.97 Å². The number of nitrogens with zero attached hydrogens (tertiary/aromatic N) is 4. The maximum atomic E-state index is 5.96. The van der Waals surface area contributed by atoms with Gasteiger partial charge in [-0.3, -0.25) is 9.47 Å². The number of hydrogen-bond donors (Lipinski definition) is 1. The molecule has 3 heterocycles. The van der Waals surface area contributed by atoms with Gasteiger partial charge in [-0.1, -0.05) is 11.6 Å². The molecule has 20 heavy (non-hydrogen) atoms. The van der Waals surface area contributed by atoms with Crippen LogP contribution < -0.4 is 5.73 Å². The summed E-state index contributed by atoms with van der Waals surface area (Å²) in [5, 5.41) is 0.579. The predicted octanol–water partition coefficient (Wildman–Crippen LogP) is 1.39. The van der Waals surface area contributed by atoms with Crippen LogP contribution in [-0.4, -0.2) is 52.3 Å². The van der Waals surface area contributed by atoms with Gasteiger partial charge in [-0.05, 0) is 12.5 Å². The number of anilines is 1. The normalized spacial score (nSPS) is 16.9. The Morgan fingerprint density at radius 3 is 2.90 bits per heavy atom. The average Bonchev–Trinajstić information content (AvgIpc) is 2.75. The van der Waals surface area contributed by atoms with Crippen LogP contribution in [0, 0.1) is 0 Å². The standard InChI is InChI=1S/C13H18ClN5O/c14-10-8-11-12(16-9-10)19(13(15)17-11)3-1-2-18-4-6-20-7-5-18/h8-9H,1-7H2,(H2,15,17). The minimum atomic E-state index is 0.497. The molecule has 0 radical (unpaired) electrons. The Balaban J connectivity index is 1.66. The Kier molecular flexibility index (Phi) is 4.05. The van der Waals surface area contributed by atoms with Crippen molar-refractivity contribution >= 4 is 28.7 Å². The van der Waals surface area contributed by atoms with Gasteiger partial charge < -0.3 is 10.5 Å². The van der Waals surface area contributed by atoms with E-state index in [-0.39, 0.29) is 0 Å². The Morgan fingerprint density at radius 2 is 2.10 bits per heavy atom. The van der Waals surface area contributed by atoms with E-state index in [4.69, 9.17) is 22.1 Å². The van der Waals surface area contributed by atoms with Gasteiger partial charge in [0.2, 0.25) is 5.95 Å². The second kappa shape index (κ2) is 5.95. The zero-order valence-corrected chi connectivity index (χ0v) is 12.0. The number of hydrogen-bond acceptors (Lipinski definition) is 5. The molecule has 1 aliphatic heterocycles. The SMILES string of the molecule is Nc1nc2cc(Cl)cnc2n1CCCN1CCOCC1. The van der Waals surface area contributed by atoms with Gasteiger partial charge >= 0.3 is 0 Å². The van der Waals surface area contributed by atoms with E-state index < -0.39 is 0 Å². The van der Waals surface area contributed by atoms with Crippen LogP contribution in [0.5, 0.6) is 0 Å². The number of nitrogen functional groups attached to an aromatic ring is 1. The summed E-state index contributed by atoms with van der Waals surface area (Å²) in [5.74, 6) is 0.497. The molecule has 0 aliphatic carbocycles. The number of aromatic nitrogens is 3. The van der Waals surface area contributed by atoms with Crippen molar-refractivity contribution in [3.05, 3.63) is 17.3 Å². The van der Waals surface area contributed by atoms with E-state index >= 15 is 0 Å². The summed E-state index contributed by atoms with van der Waals surface area (Å²) >= 11 is 5.92. The highest BCUT2D eigenvalue weighted by Gasteiger charge is 2.12. The Morgan fingerprint density at radius 1 is 1.30 bits per heavy atom. The summed E-state index contributed by atoms with van der Waals surface area (Å²) in [4.78, 5) is 11.0. The zero-order valence-electron chi connectivity index (χ0n) is 11.3.